The van der Waals surface area contributed by atoms with Gasteiger partial charge in [-0.05, 0) is 19.1 Å². The van der Waals surface area contributed by atoms with Gasteiger partial charge in [0.2, 0.25) is 0 Å². The molecule has 1 aromatic carbocycles. The van der Waals surface area contributed by atoms with Crippen LogP contribution in [0.25, 0.3) is 10.9 Å². The minimum Gasteiger partial charge on any atom is -0.258 e. The van der Waals surface area contributed by atoms with Crippen LogP contribution in [-0.2, 0) is 0 Å². The second-order valence-electron chi connectivity index (χ2n) is 3.37. The Morgan fingerprint density at radius 3 is 2.81 bits per heavy atom. The van der Waals surface area contributed by atoms with Crippen LogP contribution in [-0.4, -0.2) is 9.91 Å². The van der Waals surface area contributed by atoms with Crippen molar-refractivity contribution in [2.45, 2.75) is 6.92 Å². The first-order valence-electron chi connectivity index (χ1n) is 4.57. The van der Waals surface area contributed by atoms with Crippen molar-refractivity contribution >= 4 is 16.6 Å². The van der Waals surface area contributed by atoms with Crippen LogP contribution in [0.15, 0.2) is 24.3 Å². The molecule has 16 heavy (non-hydrogen) atoms. The van der Waals surface area contributed by atoms with Gasteiger partial charge >= 0.3 is 0 Å². The quantitative estimate of drug-likeness (QED) is 0.537. The third kappa shape index (κ3) is 1.57. The van der Waals surface area contributed by atoms with Crippen molar-refractivity contribution in [2.24, 2.45) is 0 Å². The van der Waals surface area contributed by atoms with E-state index < -0.39 is 4.92 Å². The van der Waals surface area contributed by atoms with E-state index in [0.717, 1.165) is 0 Å². The average molecular weight is 213 g/mol. The molecular weight excluding hydrogens is 206 g/mol. The molecule has 0 N–H and O–H groups in total. The standard InChI is InChI=1S/C11H7N3O2/c1-7-9(6-12)4-8-5-10(14(15)16)2-3-11(8)13-7/h2-5H,1H3. The molecule has 78 valence electrons. The van der Waals surface area contributed by atoms with Gasteiger partial charge in [-0.3, -0.25) is 15.1 Å². The summed E-state index contributed by atoms with van der Waals surface area (Å²) in [5.41, 5.74) is 1.72. The normalized spacial score (nSPS) is 10.0. The lowest BCUT2D eigenvalue weighted by Gasteiger charge is -2.00. The number of benzene rings is 1. The number of rotatable bonds is 1. The first kappa shape index (κ1) is 10.1. The first-order chi connectivity index (χ1) is 7.61. The van der Waals surface area contributed by atoms with E-state index in [4.69, 9.17) is 5.26 Å². The Hall–Kier alpha value is -2.48. The number of nitriles is 1. The molecule has 0 amide bonds. The number of nitrogens with zero attached hydrogens (tertiary/aromatic N) is 3. The third-order valence-corrected chi connectivity index (χ3v) is 2.32. The van der Waals surface area contributed by atoms with Gasteiger partial charge < -0.3 is 0 Å². The average Bonchev–Trinajstić information content (AvgIpc) is 2.27. The number of fused-ring (bicyclic) bond motifs is 1. The van der Waals surface area contributed by atoms with Gasteiger partial charge in [0, 0.05) is 17.5 Å². The molecule has 0 saturated heterocycles. The smallest absolute Gasteiger partial charge is 0.258 e. The van der Waals surface area contributed by atoms with Crippen LogP contribution in [0.5, 0.6) is 0 Å². The van der Waals surface area contributed by atoms with Crippen molar-refractivity contribution in [3.63, 3.8) is 0 Å². The lowest BCUT2D eigenvalue weighted by Crippen LogP contribution is -1.91. The van der Waals surface area contributed by atoms with Crippen LogP contribution in [0.4, 0.5) is 5.69 Å². The highest BCUT2D eigenvalue weighted by atomic mass is 16.6. The van der Waals surface area contributed by atoms with E-state index in [9.17, 15) is 10.1 Å². The summed E-state index contributed by atoms with van der Waals surface area (Å²) in [6.07, 6.45) is 0. The van der Waals surface area contributed by atoms with Gasteiger partial charge in [0.15, 0.2) is 0 Å². The van der Waals surface area contributed by atoms with Crippen molar-refractivity contribution in [3.05, 3.63) is 45.6 Å². The maximum absolute atomic E-state index is 10.6. The molecule has 0 spiro atoms. The summed E-state index contributed by atoms with van der Waals surface area (Å²) >= 11 is 0. The Labute approximate surface area is 91.1 Å². The van der Waals surface area contributed by atoms with Gasteiger partial charge in [-0.2, -0.15) is 5.26 Å². The number of aryl methyl sites for hydroxylation is 1. The zero-order valence-corrected chi connectivity index (χ0v) is 8.47. The molecule has 0 radical (unpaired) electrons. The summed E-state index contributed by atoms with van der Waals surface area (Å²) in [5, 5.41) is 20.0. The monoisotopic (exact) mass is 213 g/mol. The highest BCUT2D eigenvalue weighted by Crippen LogP contribution is 2.21. The van der Waals surface area contributed by atoms with E-state index in [-0.39, 0.29) is 5.69 Å². The molecule has 0 aliphatic rings. The number of nitro benzene ring substituents is 1. The zero-order chi connectivity index (χ0) is 11.7. The highest BCUT2D eigenvalue weighted by Gasteiger charge is 2.08. The van der Waals surface area contributed by atoms with E-state index in [1.165, 1.54) is 12.1 Å². The van der Waals surface area contributed by atoms with Crippen molar-refractivity contribution < 1.29 is 4.92 Å². The number of nitro groups is 1. The lowest BCUT2D eigenvalue weighted by atomic mass is 10.1. The number of aromatic nitrogens is 1. The topological polar surface area (TPSA) is 79.8 Å². The Balaban J connectivity index is 2.74. The molecule has 2 aromatic rings. The van der Waals surface area contributed by atoms with Crippen LogP contribution in [0.2, 0.25) is 0 Å². The molecule has 0 saturated carbocycles. The minimum absolute atomic E-state index is 0.00189. The van der Waals surface area contributed by atoms with E-state index in [2.05, 4.69) is 4.98 Å². The summed E-state index contributed by atoms with van der Waals surface area (Å²) in [6.45, 7) is 1.74. The Morgan fingerprint density at radius 1 is 1.44 bits per heavy atom. The van der Waals surface area contributed by atoms with Gasteiger partial charge in [0.05, 0.1) is 21.7 Å². The van der Waals surface area contributed by atoms with Crippen molar-refractivity contribution in [1.82, 2.24) is 4.98 Å². The summed E-state index contributed by atoms with van der Waals surface area (Å²) < 4.78 is 0. The van der Waals surface area contributed by atoms with E-state index in [1.54, 1.807) is 19.1 Å². The fourth-order valence-electron chi connectivity index (χ4n) is 1.49. The third-order valence-electron chi connectivity index (χ3n) is 2.32. The summed E-state index contributed by atoms with van der Waals surface area (Å²) in [4.78, 5) is 14.3. The molecule has 0 unspecified atom stereocenters. The largest absolute Gasteiger partial charge is 0.270 e. The molecule has 0 aliphatic carbocycles. The molecule has 0 bridgehead atoms. The molecule has 0 fully saturated rings. The summed E-state index contributed by atoms with van der Waals surface area (Å²) in [7, 11) is 0. The second kappa shape index (κ2) is 3.59. The number of hydrogen-bond donors (Lipinski definition) is 0. The van der Waals surface area contributed by atoms with Crippen LogP contribution < -0.4 is 0 Å². The van der Waals surface area contributed by atoms with Crippen LogP contribution in [0, 0.1) is 28.4 Å². The van der Waals surface area contributed by atoms with Gasteiger partial charge in [-0.15, -0.1) is 0 Å². The Kier molecular flexibility index (Phi) is 2.25. The van der Waals surface area contributed by atoms with Gasteiger partial charge in [0.1, 0.15) is 6.07 Å². The molecule has 5 heteroatoms. The summed E-state index contributed by atoms with van der Waals surface area (Å²) in [5.74, 6) is 0. The van der Waals surface area contributed by atoms with E-state index in [1.807, 2.05) is 6.07 Å². The second-order valence-corrected chi connectivity index (χ2v) is 3.37. The molecule has 0 atom stereocenters. The predicted molar refractivity (Wildman–Crippen MR) is 57.8 cm³/mol. The van der Waals surface area contributed by atoms with Crippen LogP contribution >= 0.6 is 0 Å². The maximum atomic E-state index is 10.6. The fraction of sp³-hybridized carbons (Fsp3) is 0.0909. The van der Waals surface area contributed by atoms with Gasteiger partial charge in [-0.1, -0.05) is 0 Å². The van der Waals surface area contributed by atoms with E-state index in [0.29, 0.717) is 22.2 Å². The van der Waals surface area contributed by atoms with Crippen molar-refractivity contribution in [2.75, 3.05) is 0 Å². The predicted octanol–water partition coefficient (Wildman–Crippen LogP) is 2.32. The number of pyridine rings is 1. The molecule has 5 nitrogen and oxygen atoms in total. The molecule has 0 aliphatic heterocycles. The number of non-ortho nitro benzene ring substituents is 1. The van der Waals surface area contributed by atoms with E-state index >= 15 is 0 Å². The zero-order valence-electron chi connectivity index (χ0n) is 8.47. The van der Waals surface area contributed by atoms with Gasteiger partial charge in [0.25, 0.3) is 5.69 Å². The Morgan fingerprint density at radius 2 is 2.19 bits per heavy atom. The molecule has 1 heterocycles. The Bertz CT molecular complexity index is 629. The number of hydrogen-bond acceptors (Lipinski definition) is 4. The van der Waals surface area contributed by atoms with Crippen LogP contribution in [0.1, 0.15) is 11.3 Å². The SMILES string of the molecule is Cc1nc2ccc([N+](=O)[O-])cc2cc1C#N. The minimum atomic E-state index is -0.467. The van der Waals surface area contributed by atoms with Crippen molar-refractivity contribution in [3.8, 4) is 6.07 Å². The highest BCUT2D eigenvalue weighted by molar-refractivity contribution is 5.82. The van der Waals surface area contributed by atoms with Gasteiger partial charge in [-0.25, -0.2) is 0 Å². The lowest BCUT2D eigenvalue weighted by molar-refractivity contribution is -0.384. The first-order valence-corrected chi connectivity index (χ1v) is 4.57. The molecule has 1 aromatic heterocycles. The van der Waals surface area contributed by atoms with Crippen LogP contribution in [0.3, 0.4) is 0 Å². The van der Waals surface area contributed by atoms with Crippen molar-refractivity contribution in [1.29, 1.82) is 5.26 Å². The fourth-order valence-corrected chi connectivity index (χ4v) is 1.49. The maximum Gasteiger partial charge on any atom is 0.270 e. The molecular formula is C11H7N3O2. The molecule has 2 rings (SSSR count). The summed E-state index contributed by atoms with van der Waals surface area (Å²) in [6, 6.07) is 8.03.